The highest BCUT2D eigenvalue weighted by molar-refractivity contribution is 5.81. The number of nitrogens with two attached hydrogens (primary N) is 1. The van der Waals surface area contributed by atoms with Crippen molar-refractivity contribution in [2.24, 2.45) is 40.2 Å². The van der Waals surface area contributed by atoms with Crippen molar-refractivity contribution in [2.75, 3.05) is 0 Å². The Hall–Kier alpha value is -1.56. The van der Waals surface area contributed by atoms with Gasteiger partial charge in [-0.1, -0.05) is 51.8 Å². The zero-order chi connectivity index (χ0) is 18.4. The van der Waals surface area contributed by atoms with Gasteiger partial charge in [-0.2, -0.15) is 5.26 Å². The van der Waals surface area contributed by atoms with E-state index in [9.17, 15) is 10.1 Å². The number of primary amides is 1. The second-order valence-electron chi connectivity index (χ2n) is 9.28. The Kier molecular flexibility index (Phi) is 4.60. The molecule has 25 heavy (non-hydrogen) atoms. The molecule has 3 rings (SSSR count). The lowest BCUT2D eigenvalue weighted by Crippen LogP contribution is -2.55. The standard InChI is InChI=1S/C22H32N2O/c1-14(2)17-12-16-6-7-19-21(3,18(16)13-15(17)8-11-23)9-5-10-22(19,4)20(24)25/h6,12,14-15,18-19H,5,7-10,13H2,1-4H3,(H2,24,25). The van der Waals surface area contributed by atoms with Gasteiger partial charge in [0, 0.05) is 11.8 Å². The highest BCUT2D eigenvalue weighted by atomic mass is 16.1. The predicted molar refractivity (Wildman–Crippen MR) is 100 cm³/mol. The Morgan fingerprint density at radius 1 is 1.40 bits per heavy atom. The fourth-order valence-electron chi connectivity index (χ4n) is 6.18. The van der Waals surface area contributed by atoms with Crippen LogP contribution in [0.5, 0.6) is 0 Å². The second kappa shape index (κ2) is 6.31. The number of carbonyl (C=O) groups is 1. The number of allylic oxidation sites excluding steroid dienone is 4. The summed E-state index contributed by atoms with van der Waals surface area (Å²) in [5, 5.41) is 9.31. The molecule has 5 atom stereocenters. The third-order valence-electron chi connectivity index (χ3n) is 7.66. The predicted octanol–water partition coefficient (Wildman–Crippen LogP) is 4.75. The summed E-state index contributed by atoms with van der Waals surface area (Å²) < 4.78 is 0. The van der Waals surface area contributed by atoms with Gasteiger partial charge in [0.2, 0.25) is 5.91 Å². The van der Waals surface area contributed by atoms with Gasteiger partial charge in [0.25, 0.3) is 0 Å². The van der Waals surface area contributed by atoms with Gasteiger partial charge < -0.3 is 5.73 Å². The van der Waals surface area contributed by atoms with E-state index in [1.165, 1.54) is 11.1 Å². The zero-order valence-electron chi connectivity index (χ0n) is 16.1. The number of hydrogen-bond donors (Lipinski definition) is 1. The maximum absolute atomic E-state index is 12.3. The molecule has 1 saturated carbocycles. The first-order valence-corrected chi connectivity index (χ1v) is 9.82. The van der Waals surface area contributed by atoms with E-state index in [2.05, 4.69) is 45.9 Å². The first-order valence-electron chi connectivity index (χ1n) is 9.82. The quantitative estimate of drug-likeness (QED) is 0.806. The first kappa shape index (κ1) is 18.2. The monoisotopic (exact) mass is 340 g/mol. The molecule has 0 bridgehead atoms. The molecule has 1 fully saturated rings. The molecule has 3 aliphatic carbocycles. The van der Waals surface area contributed by atoms with Crippen LogP contribution in [0.4, 0.5) is 0 Å². The van der Waals surface area contributed by atoms with Crippen LogP contribution in [-0.2, 0) is 4.79 Å². The molecule has 0 saturated heterocycles. The Balaban J connectivity index is 2.04. The minimum atomic E-state index is -0.401. The molecular formula is C22H32N2O. The Bertz CT molecular complexity index is 668. The summed E-state index contributed by atoms with van der Waals surface area (Å²) in [6.07, 6.45) is 10.5. The van der Waals surface area contributed by atoms with Crippen molar-refractivity contribution in [3.05, 3.63) is 23.3 Å². The molecule has 0 aliphatic heterocycles. The summed E-state index contributed by atoms with van der Waals surface area (Å²) in [5.41, 5.74) is 8.45. The van der Waals surface area contributed by atoms with Gasteiger partial charge >= 0.3 is 0 Å². The van der Waals surface area contributed by atoms with Crippen LogP contribution >= 0.6 is 0 Å². The minimum Gasteiger partial charge on any atom is -0.369 e. The lowest BCUT2D eigenvalue weighted by Gasteiger charge is -2.58. The van der Waals surface area contributed by atoms with E-state index in [1.807, 2.05) is 0 Å². The van der Waals surface area contributed by atoms with Gasteiger partial charge in [0.05, 0.1) is 6.07 Å². The molecule has 0 radical (unpaired) electrons. The maximum atomic E-state index is 12.3. The number of fused-ring (bicyclic) bond motifs is 3. The Morgan fingerprint density at radius 3 is 2.72 bits per heavy atom. The van der Waals surface area contributed by atoms with Crippen molar-refractivity contribution < 1.29 is 4.79 Å². The van der Waals surface area contributed by atoms with E-state index in [-0.39, 0.29) is 11.3 Å². The van der Waals surface area contributed by atoms with E-state index < -0.39 is 5.41 Å². The smallest absolute Gasteiger partial charge is 0.223 e. The number of amides is 1. The second-order valence-corrected chi connectivity index (χ2v) is 9.28. The Morgan fingerprint density at radius 2 is 2.12 bits per heavy atom. The molecule has 0 aromatic rings. The molecule has 0 aromatic carbocycles. The summed E-state index contributed by atoms with van der Waals surface area (Å²) in [6, 6.07) is 2.40. The van der Waals surface area contributed by atoms with Gasteiger partial charge in [-0.25, -0.2) is 0 Å². The van der Waals surface area contributed by atoms with E-state index >= 15 is 0 Å². The van der Waals surface area contributed by atoms with Gasteiger partial charge in [-0.3, -0.25) is 4.79 Å². The molecule has 0 aromatic heterocycles. The summed E-state index contributed by atoms with van der Waals surface area (Å²) >= 11 is 0. The van der Waals surface area contributed by atoms with Crippen molar-refractivity contribution in [3.8, 4) is 6.07 Å². The number of carbonyl (C=O) groups excluding carboxylic acids is 1. The van der Waals surface area contributed by atoms with E-state index in [0.717, 1.165) is 32.1 Å². The van der Waals surface area contributed by atoms with Gasteiger partial charge in [-0.05, 0) is 60.3 Å². The third-order valence-corrected chi connectivity index (χ3v) is 7.66. The van der Waals surface area contributed by atoms with Crippen molar-refractivity contribution >= 4 is 5.91 Å². The van der Waals surface area contributed by atoms with Crippen molar-refractivity contribution in [1.82, 2.24) is 0 Å². The molecule has 0 heterocycles. The first-order chi connectivity index (χ1) is 11.7. The van der Waals surface area contributed by atoms with Crippen LogP contribution in [0.3, 0.4) is 0 Å². The lowest BCUT2D eigenvalue weighted by atomic mass is 9.46. The summed E-state index contributed by atoms with van der Waals surface area (Å²) in [5.74, 6) is 1.46. The molecule has 3 aliphatic rings. The zero-order valence-corrected chi connectivity index (χ0v) is 16.1. The van der Waals surface area contributed by atoms with Crippen LogP contribution < -0.4 is 5.73 Å². The van der Waals surface area contributed by atoms with Crippen molar-refractivity contribution in [1.29, 1.82) is 5.26 Å². The summed E-state index contributed by atoms with van der Waals surface area (Å²) in [6.45, 7) is 8.93. The van der Waals surface area contributed by atoms with Crippen LogP contribution in [0.25, 0.3) is 0 Å². The summed E-state index contributed by atoms with van der Waals surface area (Å²) in [4.78, 5) is 12.3. The highest BCUT2D eigenvalue weighted by Crippen LogP contribution is 2.62. The molecule has 0 spiro atoms. The fraction of sp³-hybridized carbons (Fsp3) is 0.727. The third kappa shape index (κ3) is 2.75. The number of nitrogens with zero attached hydrogens (tertiary/aromatic N) is 1. The minimum absolute atomic E-state index is 0.110. The van der Waals surface area contributed by atoms with Crippen molar-refractivity contribution in [3.63, 3.8) is 0 Å². The molecule has 136 valence electrons. The maximum Gasteiger partial charge on any atom is 0.223 e. The number of nitriles is 1. The highest BCUT2D eigenvalue weighted by Gasteiger charge is 2.57. The SMILES string of the molecule is CC(C)C1=CC2=CCC3C(C)(C(N)=O)CCCC3(C)C2CC1CC#N. The molecule has 1 amide bonds. The van der Waals surface area contributed by atoms with Crippen LogP contribution in [0, 0.1) is 45.8 Å². The molecule has 3 heteroatoms. The molecular weight excluding hydrogens is 308 g/mol. The Labute approximate surface area is 152 Å². The van der Waals surface area contributed by atoms with Crippen LogP contribution in [-0.4, -0.2) is 5.91 Å². The normalized spacial score (nSPS) is 40.4. The largest absolute Gasteiger partial charge is 0.369 e. The topological polar surface area (TPSA) is 66.9 Å². The van der Waals surface area contributed by atoms with Crippen LogP contribution in [0.2, 0.25) is 0 Å². The molecule has 2 N–H and O–H groups in total. The molecule has 5 unspecified atom stereocenters. The fourth-order valence-corrected chi connectivity index (χ4v) is 6.18. The molecule has 3 nitrogen and oxygen atoms in total. The van der Waals surface area contributed by atoms with Crippen LogP contribution in [0.15, 0.2) is 23.3 Å². The van der Waals surface area contributed by atoms with Crippen LogP contribution in [0.1, 0.15) is 66.2 Å². The average molecular weight is 341 g/mol. The average Bonchev–Trinajstić information content (AvgIpc) is 2.54. The van der Waals surface area contributed by atoms with Gasteiger partial charge in [-0.15, -0.1) is 0 Å². The number of hydrogen-bond acceptors (Lipinski definition) is 2. The van der Waals surface area contributed by atoms with E-state index in [1.54, 1.807) is 0 Å². The lowest BCUT2D eigenvalue weighted by molar-refractivity contribution is -0.140. The number of rotatable bonds is 3. The van der Waals surface area contributed by atoms with E-state index in [0.29, 0.717) is 30.1 Å². The van der Waals surface area contributed by atoms with Crippen molar-refractivity contribution in [2.45, 2.75) is 66.2 Å². The summed E-state index contributed by atoms with van der Waals surface area (Å²) in [7, 11) is 0. The van der Waals surface area contributed by atoms with Gasteiger partial charge in [0.1, 0.15) is 0 Å². The van der Waals surface area contributed by atoms with Gasteiger partial charge in [0.15, 0.2) is 0 Å². The van der Waals surface area contributed by atoms with E-state index in [4.69, 9.17) is 5.73 Å².